The highest BCUT2D eigenvalue weighted by Gasteiger charge is 2.12. The van der Waals surface area contributed by atoms with Gasteiger partial charge in [-0.3, -0.25) is 0 Å². The van der Waals surface area contributed by atoms with Gasteiger partial charge in [0.05, 0.1) is 0 Å². The summed E-state index contributed by atoms with van der Waals surface area (Å²) in [4.78, 5) is 0. The fourth-order valence-corrected chi connectivity index (χ4v) is 2.82. The van der Waals surface area contributed by atoms with Gasteiger partial charge in [0.1, 0.15) is 5.75 Å². The first-order chi connectivity index (χ1) is 10.3. The second kappa shape index (κ2) is 5.98. The van der Waals surface area contributed by atoms with E-state index in [-0.39, 0.29) is 5.92 Å². The van der Waals surface area contributed by atoms with Crippen LogP contribution in [0.15, 0.2) is 66.7 Å². The number of hydrogen-bond donors (Lipinski definition) is 2. The fourth-order valence-electron chi connectivity index (χ4n) is 2.82. The molecule has 21 heavy (non-hydrogen) atoms. The lowest BCUT2D eigenvalue weighted by atomic mass is 9.90. The Morgan fingerprint density at radius 2 is 1.57 bits per heavy atom. The third kappa shape index (κ3) is 2.91. The van der Waals surface area contributed by atoms with Crippen LogP contribution < -0.4 is 5.73 Å². The Kier molecular flexibility index (Phi) is 3.89. The molecular weight excluding hydrogens is 258 g/mol. The highest BCUT2D eigenvalue weighted by Crippen LogP contribution is 2.26. The molecule has 3 aromatic rings. The molecule has 0 heterocycles. The molecule has 1 atom stereocenters. The van der Waals surface area contributed by atoms with E-state index in [2.05, 4.69) is 42.5 Å². The van der Waals surface area contributed by atoms with E-state index in [0.717, 1.165) is 6.42 Å². The zero-order valence-corrected chi connectivity index (χ0v) is 11.9. The van der Waals surface area contributed by atoms with E-state index in [9.17, 15) is 5.11 Å². The minimum atomic E-state index is 0.261. The van der Waals surface area contributed by atoms with Crippen LogP contribution >= 0.6 is 0 Å². The van der Waals surface area contributed by atoms with Gasteiger partial charge in [-0.25, -0.2) is 0 Å². The van der Waals surface area contributed by atoms with Crippen molar-refractivity contribution < 1.29 is 5.11 Å². The Morgan fingerprint density at radius 3 is 2.33 bits per heavy atom. The summed E-state index contributed by atoms with van der Waals surface area (Å²) in [7, 11) is 0. The maximum atomic E-state index is 9.41. The second-order valence-corrected chi connectivity index (χ2v) is 5.37. The average Bonchev–Trinajstić information content (AvgIpc) is 2.54. The number of phenols is 1. The van der Waals surface area contributed by atoms with Crippen LogP contribution in [-0.2, 0) is 6.42 Å². The normalized spacial score (nSPS) is 12.4. The quantitative estimate of drug-likeness (QED) is 0.761. The second-order valence-electron chi connectivity index (χ2n) is 5.37. The van der Waals surface area contributed by atoms with Gasteiger partial charge >= 0.3 is 0 Å². The fraction of sp³-hybridized carbons (Fsp3) is 0.158. The first-order valence-corrected chi connectivity index (χ1v) is 7.23. The molecule has 2 nitrogen and oxygen atoms in total. The van der Waals surface area contributed by atoms with Crippen LogP contribution in [0.1, 0.15) is 17.0 Å². The topological polar surface area (TPSA) is 46.2 Å². The summed E-state index contributed by atoms with van der Waals surface area (Å²) < 4.78 is 0. The van der Waals surface area contributed by atoms with Crippen molar-refractivity contribution in [3.05, 3.63) is 77.9 Å². The zero-order chi connectivity index (χ0) is 14.7. The maximum Gasteiger partial charge on any atom is 0.115 e. The van der Waals surface area contributed by atoms with E-state index in [1.807, 2.05) is 12.1 Å². The molecule has 0 aliphatic heterocycles. The molecule has 2 heteroatoms. The predicted octanol–water partition coefficient (Wildman–Crippen LogP) is 3.83. The number of hydrogen-bond acceptors (Lipinski definition) is 2. The molecule has 0 fully saturated rings. The van der Waals surface area contributed by atoms with Gasteiger partial charge in [0.25, 0.3) is 0 Å². The van der Waals surface area contributed by atoms with E-state index in [0.29, 0.717) is 12.3 Å². The van der Waals surface area contributed by atoms with Crippen molar-refractivity contribution in [3.8, 4) is 5.75 Å². The van der Waals surface area contributed by atoms with Crippen LogP contribution in [0.5, 0.6) is 5.75 Å². The van der Waals surface area contributed by atoms with Crippen LogP contribution in [0.4, 0.5) is 0 Å². The van der Waals surface area contributed by atoms with Crippen molar-refractivity contribution in [2.75, 3.05) is 6.54 Å². The maximum absolute atomic E-state index is 9.41. The molecule has 0 amide bonds. The summed E-state index contributed by atoms with van der Waals surface area (Å²) in [5.41, 5.74) is 8.46. The molecule has 0 radical (unpaired) electrons. The largest absolute Gasteiger partial charge is 0.508 e. The van der Waals surface area contributed by atoms with Crippen LogP contribution in [0, 0.1) is 0 Å². The lowest BCUT2D eigenvalue weighted by molar-refractivity contribution is 0.475. The van der Waals surface area contributed by atoms with E-state index < -0.39 is 0 Å². The lowest BCUT2D eigenvalue weighted by Crippen LogP contribution is -2.15. The van der Waals surface area contributed by atoms with Gasteiger partial charge in [0.2, 0.25) is 0 Å². The number of rotatable bonds is 4. The number of nitrogens with two attached hydrogens (primary N) is 1. The molecule has 0 saturated heterocycles. The van der Waals surface area contributed by atoms with Crippen molar-refractivity contribution in [1.29, 1.82) is 0 Å². The van der Waals surface area contributed by atoms with E-state index in [4.69, 9.17) is 5.73 Å². The van der Waals surface area contributed by atoms with Gasteiger partial charge in [0.15, 0.2) is 0 Å². The Hall–Kier alpha value is -2.32. The van der Waals surface area contributed by atoms with E-state index >= 15 is 0 Å². The third-order valence-electron chi connectivity index (χ3n) is 4.00. The van der Waals surface area contributed by atoms with Gasteiger partial charge in [-0.2, -0.15) is 0 Å². The lowest BCUT2D eigenvalue weighted by Gasteiger charge is -2.17. The summed E-state index contributed by atoms with van der Waals surface area (Å²) in [5, 5.41) is 12.0. The Morgan fingerprint density at radius 1 is 0.857 bits per heavy atom. The molecule has 0 aliphatic rings. The van der Waals surface area contributed by atoms with Crippen molar-refractivity contribution in [2.45, 2.75) is 12.3 Å². The van der Waals surface area contributed by atoms with Gasteiger partial charge in [0, 0.05) is 5.92 Å². The monoisotopic (exact) mass is 277 g/mol. The standard InChI is InChI=1S/C19H19NO/c20-13-17(14-8-10-18(21)11-9-14)12-16-6-3-5-15-4-1-2-7-19(15)16/h1-11,17,21H,12-13,20H2. The van der Waals surface area contributed by atoms with Crippen LogP contribution in [-0.4, -0.2) is 11.7 Å². The molecule has 0 aromatic heterocycles. The van der Waals surface area contributed by atoms with E-state index in [1.165, 1.54) is 21.9 Å². The van der Waals surface area contributed by atoms with Gasteiger partial charge in [-0.05, 0) is 47.0 Å². The number of benzene rings is 3. The predicted molar refractivity (Wildman–Crippen MR) is 87.6 cm³/mol. The molecule has 0 saturated carbocycles. The van der Waals surface area contributed by atoms with Crippen molar-refractivity contribution in [2.24, 2.45) is 5.73 Å². The summed E-state index contributed by atoms with van der Waals surface area (Å²) in [5.74, 6) is 0.552. The minimum Gasteiger partial charge on any atom is -0.508 e. The molecule has 0 bridgehead atoms. The first-order valence-electron chi connectivity index (χ1n) is 7.23. The highest BCUT2D eigenvalue weighted by molar-refractivity contribution is 5.85. The molecule has 3 aromatic carbocycles. The molecular formula is C19H19NO. The minimum absolute atomic E-state index is 0.261. The first kappa shape index (κ1) is 13.7. The SMILES string of the molecule is NCC(Cc1cccc2ccccc12)c1ccc(O)cc1. The Labute approximate surface area is 124 Å². The van der Waals surface area contributed by atoms with E-state index in [1.54, 1.807) is 12.1 Å². The zero-order valence-electron chi connectivity index (χ0n) is 11.9. The van der Waals surface area contributed by atoms with Gasteiger partial charge in [-0.15, -0.1) is 0 Å². The molecule has 1 unspecified atom stereocenters. The molecule has 3 rings (SSSR count). The highest BCUT2D eigenvalue weighted by atomic mass is 16.3. The molecule has 0 aliphatic carbocycles. The molecule has 106 valence electrons. The van der Waals surface area contributed by atoms with Crippen LogP contribution in [0.3, 0.4) is 0 Å². The number of phenolic OH excluding ortho intramolecular Hbond substituents is 1. The number of aromatic hydroxyl groups is 1. The van der Waals surface area contributed by atoms with Gasteiger partial charge in [-0.1, -0.05) is 54.6 Å². The van der Waals surface area contributed by atoms with Crippen molar-refractivity contribution in [3.63, 3.8) is 0 Å². The smallest absolute Gasteiger partial charge is 0.115 e. The number of fused-ring (bicyclic) bond motifs is 1. The summed E-state index contributed by atoms with van der Waals surface area (Å²) in [6.07, 6.45) is 0.905. The average molecular weight is 277 g/mol. The van der Waals surface area contributed by atoms with Crippen LogP contribution in [0.2, 0.25) is 0 Å². The van der Waals surface area contributed by atoms with Crippen molar-refractivity contribution in [1.82, 2.24) is 0 Å². The van der Waals surface area contributed by atoms with Crippen LogP contribution in [0.25, 0.3) is 10.8 Å². The van der Waals surface area contributed by atoms with Gasteiger partial charge < -0.3 is 10.8 Å². The Balaban J connectivity index is 1.94. The Bertz CT molecular complexity index is 729. The molecule has 0 spiro atoms. The third-order valence-corrected chi connectivity index (χ3v) is 4.00. The summed E-state index contributed by atoms with van der Waals surface area (Å²) in [6.45, 7) is 0.591. The summed E-state index contributed by atoms with van der Waals surface area (Å²) in [6, 6.07) is 22.2. The summed E-state index contributed by atoms with van der Waals surface area (Å²) >= 11 is 0. The molecule has 3 N–H and O–H groups in total. The van der Waals surface area contributed by atoms with Crippen molar-refractivity contribution >= 4 is 10.8 Å².